The summed E-state index contributed by atoms with van der Waals surface area (Å²) in [5, 5.41) is 7.33. The highest BCUT2D eigenvalue weighted by molar-refractivity contribution is 7.92. The molecule has 0 bridgehead atoms. The molecule has 1 atom stereocenters. The lowest BCUT2D eigenvalue weighted by molar-refractivity contribution is 0.407. The van der Waals surface area contributed by atoms with Crippen LogP contribution >= 0.6 is 0 Å². The lowest BCUT2D eigenvalue weighted by atomic mass is 9.99. The molecule has 0 saturated carbocycles. The van der Waals surface area contributed by atoms with E-state index >= 15 is 0 Å². The Hall–Kier alpha value is -0.880. The summed E-state index contributed by atoms with van der Waals surface area (Å²) in [4.78, 5) is 0. The van der Waals surface area contributed by atoms with Gasteiger partial charge in [-0.1, -0.05) is 6.92 Å². The maximum Gasteiger partial charge on any atom is 0.154 e. The smallest absolute Gasteiger partial charge is 0.154 e. The fourth-order valence-corrected chi connectivity index (χ4v) is 2.42. The first-order chi connectivity index (χ1) is 7.71. The van der Waals surface area contributed by atoms with E-state index < -0.39 is 14.6 Å². The predicted molar refractivity (Wildman–Crippen MR) is 68.5 cm³/mol. The van der Waals surface area contributed by atoms with Gasteiger partial charge in [0.15, 0.2) is 9.84 Å². The number of hydrogen-bond acceptors (Lipinski definition) is 4. The Balaban J connectivity index is 3.24. The number of hydrogen-bond donors (Lipinski definition) is 1. The standard InChI is InChI=1S/C11H21N3O2S/c1-6-12-10(9-7-8-13-14(9)4)11(2,3)17(5,15)16/h7-8,10,12H,6H2,1-5H3. The van der Waals surface area contributed by atoms with Gasteiger partial charge < -0.3 is 5.32 Å². The molecule has 1 aromatic heterocycles. The molecule has 0 amide bonds. The van der Waals surface area contributed by atoms with Crippen LogP contribution in [0.2, 0.25) is 0 Å². The minimum absolute atomic E-state index is 0.269. The first-order valence-corrected chi connectivity index (χ1v) is 7.51. The molecule has 0 radical (unpaired) electrons. The van der Waals surface area contributed by atoms with Crippen LogP contribution in [0.25, 0.3) is 0 Å². The number of sulfone groups is 1. The molecule has 1 aromatic rings. The normalized spacial score (nSPS) is 14.9. The van der Waals surface area contributed by atoms with E-state index in [0.29, 0.717) is 6.54 Å². The lowest BCUT2D eigenvalue weighted by Crippen LogP contribution is -2.45. The van der Waals surface area contributed by atoms with Crippen molar-refractivity contribution < 1.29 is 8.42 Å². The fourth-order valence-electron chi connectivity index (χ4n) is 1.79. The molecule has 0 fully saturated rings. The molecule has 0 saturated heterocycles. The van der Waals surface area contributed by atoms with E-state index in [4.69, 9.17) is 0 Å². The molecule has 1 heterocycles. The van der Waals surface area contributed by atoms with E-state index in [2.05, 4.69) is 10.4 Å². The van der Waals surface area contributed by atoms with Gasteiger partial charge in [-0.25, -0.2) is 8.42 Å². The molecule has 1 rings (SSSR count). The minimum atomic E-state index is -3.17. The van der Waals surface area contributed by atoms with Crippen molar-refractivity contribution in [3.05, 3.63) is 18.0 Å². The third-order valence-corrected chi connectivity index (χ3v) is 5.36. The summed E-state index contributed by atoms with van der Waals surface area (Å²) in [6, 6.07) is 1.58. The SMILES string of the molecule is CCNC(c1ccnn1C)C(C)(C)S(C)(=O)=O. The van der Waals surface area contributed by atoms with Crippen LogP contribution < -0.4 is 5.32 Å². The second kappa shape index (κ2) is 4.78. The first kappa shape index (κ1) is 14.2. The van der Waals surface area contributed by atoms with Crippen molar-refractivity contribution in [2.45, 2.75) is 31.6 Å². The molecule has 6 heteroatoms. The van der Waals surface area contributed by atoms with Gasteiger partial charge in [0.05, 0.1) is 16.5 Å². The largest absolute Gasteiger partial charge is 0.308 e. The van der Waals surface area contributed by atoms with E-state index in [1.54, 1.807) is 24.7 Å². The Morgan fingerprint density at radius 1 is 1.53 bits per heavy atom. The summed E-state index contributed by atoms with van der Waals surface area (Å²) in [5.41, 5.74) is 0.877. The third-order valence-electron chi connectivity index (χ3n) is 3.21. The van der Waals surface area contributed by atoms with Crippen molar-refractivity contribution >= 4 is 9.84 Å². The fraction of sp³-hybridized carbons (Fsp3) is 0.727. The minimum Gasteiger partial charge on any atom is -0.308 e. The highest BCUT2D eigenvalue weighted by atomic mass is 32.2. The average molecular weight is 259 g/mol. The average Bonchev–Trinajstić information content (AvgIpc) is 2.58. The van der Waals surface area contributed by atoms with Crippen LogP contribution in [0, 0.1) is 0 Å². The molecule has 1 unspecified atom stereocenters. The van der Waals surface area contributed by atoms with E-state index in [1.807, 2.05) is 20.0 Å². The van der Waals surface area contributed by atoms with Gasteiger partial charge in [0.25, 0.3) is 0 Å². The zero-order chi connectivity index (χ0) is 13.3. The van der Waals surface area contributed by atoms with Crippen molar-refractivity contribution in [2.24, 2.45) is 7.05 Å². The zero-order valence-corrected chi connectivity index (χ0v) is 11.9. The van der Waals surface area contributed by atoms with Crippen LogP contribution in [-0.2, 0) is 16.9 Å². The number of rotatable bonds is 5. The molecule has 98 valence electrons. The number of aromatic nitrogens is 2. The quantitative estimate of drug-likeness (QED) is 0.853. The summed E-state index contributed by atoms with van der Waals surface area (Å²) < 4.78 is 24.6. The summed E-state index contributed by atoms with van der Waals surface area (Å²) in [6.07, 6.45) is 2.95. The number of nitrogens with zero attached hydrogens (tertiary/aromatic N) is 2. The van der Waals surface area contributed by atoms with Crippen LogP contribution in [0.5, 0.6) is 0 Å². The summed E-state index contributed by atoms with van der Waals surface area (Å²) in [7, 11) is -1.35. The molecule has 17 heavy (non-hydrogen) atoms. The van der Waals surface area contributed by atoms with Gasteiger partial charge >= 0.3 is 0 Å². The van der Waals surface area contributed by atoms with Gasteiger partial charge in [-0.3, -0.25) is 4.68 Å². The molecular formula is C11H21N3O2S. The maximum atomic E-state index is 11.9. The van der Waals surface area contributed by atoms with E-state index in [-0.39, 0.29) is 6.04 Å². The summed E-state index contributed by atoms with van der Waals surface area (Å²) in [6.45, 7) is 6.14. The highest BCUT2D eigenvalue weighted by Gasteiger charge is 2.40. The Morgan fingerprint density at radius 2 is 2.12 bits per heavy atom. The topological polar surface area (TPSA) is 64.0 Å². The molecule has 0 spiro atoms. The van der Waals surface area contributed by atoms with Gasteiger partial charge in [0.1, 0.15) is 0 Å². The second-order valence-corrected chi connectivity index (χ2v) is 7.34. The monoisotopic (exact) mass is 259 g/mol. The van der Waals surface area contributed by atoms with Crippen molar-refractivity contribution in [2.75, 3.05) is 12.8 Å². The molecule has 1 N–H and O–H groups in total. The molecule has 5 nitrogen and oxygen atoms in total. The van der Waals surface area contributed by atoms with Gasteiger partial charge in [0, 0.05) is 19.5 Å². The Morgan fingerprint density at radius 3 is 2.47 bits per heavy atom. The van der Waals surface area contributed by atoms with E-state index in [0.717, 1.165) is 5.69 Å². The van der Waals surface area contributed by atoms with Crippen LogP contribution in [0.15, 0.2) is 12.3 Å². The maximum absolute atomic E-state index is 11.9. The Labute approximate surface area is 103 Å². The highest BCUT2D eigenvalue weighted by Crippen LogP contribution is 2.31. The Bertz CT molecular complexity index is 477. The van der Waals surface area contributed by atoms with Crippen molar-refractivity contribution in [3.63, 3.8) is 0 Å². The van der Waals surface area contributed by atoms with Crippen molar-refractivity contribution in [1.29, 1.82) is 0 Å². The molecule has 0 aliphatic rings. The number of nitrogens with one attached hydrogen (secondary N) is 1. The molecule has 0 aliphatic carbocycles. The van der Waals surface area contributed by atoms with Crippen LogP contribution in [0.4, 0.5) is 0 Å². The zero-order valence-electron chi connectivity index (χ0n) is 11.1. The summed E-state index contributed by atoms with van der Waals surface area (Å²) in [5.74, 6) is 0. The van der Waals surface area contributed by atoms with Crippen molar-refractivity contribution in [3.8, 4) is 0 Å². The lowest BCUT2D eigenvalue weighted by Gasteiger charge is -2.33. The van der Waals surface area contributed by atoms with E-state index in [1.165, 1.54) is 6.26 Å². The number of aryl methyl sites for hydroxylation is 1. The van der Waals surface area contributed by atoms with Crippen LogP contribution in [-0.4, -0.2) is 35.7 Å². The van der Waals surface area contributed by atoms with Crippen molar-refractivity contribution in [1.82, 2.24) is 15.1 Å². The Kier molecular flexibility index (Phi) is 3.99. The van der Waals surface area contributed by atoms with E-state index in [9.17, 15) is 8.42 Å². The van der Waals surface area contributed by atoms with Crippen LogP contribution in [0.1, 0.15) is 32.5 Å². The van der Waals surface area contributed by atoms with Gasteiger partial charge in [-0.2, -0.15) is 5.10 Å². The molecule has 0 aromatic carbocycles. The van der Waals surface area contributed by atoms with Gasteiger partial charge in [-0.15, -0.1) is 0 Å². The molecule has 0 aliphatic heterocycles. The first-order valence-electron chi connectivity index (χ1n) is 5.62. The molecular weight excluding hydrogens is 238 g/mol. The van der Waals surface area contributed by atoms with Crippen LogP contribution in [0.3, 0.4) is 0 Å². The van der Waals surface area contributed by atoms with Gasteiger partial charge in [-0.05, 0) is 26.5 Å². The van der Waals surface area contributed by atoms with Gasteiger partial charge in [0.2, 0.25) is 0 Å². The second-order valence-electron chi connectivity index (χ2n) is 4.75. The third kappa shape index (κ3) is 2.69. The predicted octanol–water partition coefficient (Wildman–Crippen LogP) is 0.894. The summed E-state index contributed by atoms with van der Waals surface area (Å²) >= 11 is 0.